The van der Waals surface area contributed by atoms with Crippen LogP contribution in [0.4, 0.5) is 0 Å². The predicted octanol–water partition coefficient (Wildman–Crippen LogP) is 4.38. The summed E-state index contributed by atoms with van der Waals surface area (Å²) in [6, 6.07) is 11.4. The van der Waals surface area contributed by atoms with Crippen molar-refractivity contribution in [3.63, 3.8) is 0 Å². The first-order valence-corrected chi connectivity index (χ1v) is 7.24. The van der Waals surface area contributed by atoms with Crippen LogP contribution >= 0.6 is 22.9 Å². The minimum absolute atomic E-state index is 0.576. The number of aromatic nitrogens is 2. The third-order valence-electron chi connectivity index (χ3n) is 2.92. The van der Waals surface area contributed by atoms with E-state index < -0.39 is 0 Å². The first kappa shape index (κ1) is 13.1. The van der Waals surface area contributed by atoms with Gasteiger partial charge in [0, 0.05) is 16.1 Å². The van der Waals surface area contributed by atoms with Crippen LogP contribution < -0.4 is 0 Å². The first-order valence-electron chi connectivity index (χ1n) is 6.05. The van der Waals surface area contributed by atoms with Crippen molar-refractivity contribution in [1.29, 1.82) is 0 Å². The molecule has 2 aromatic heterocycles. The lowest BCUT2D eigenvalue weighted by molar-refractivity contribution is 0.112. The zero-order valence-electron chi connectivity index (χ0n) is 10.7. The van der Waals surface area contributed by atoms with E-state index >= 15 is 0 Å². The molecular weight excluding hydrogens is 292 g/mol. The number of hydrogen-bond acceptors (Lipinski definition) is 3. The van der Waals surface area contributed by atoms with Crippen molar-refractivity contribution < 1.29 is 4.79 Å². The van der Waals surface area contributed by atoms with Crippen molar-refractivity contribution in [3.8, 4) is 16.3 Å². The number of thiophene rings is 1. The maximum Gasteiger partial charge on any atom is 0.153 e. The average Bonchev–Trinajstić information content (AvgIpc) is 3.04. The molecule has 0 saturated heterocycles. The molecule has 3 rings (SSSR count). The van der Waals surface area contributed by atoms with Gasteiger partial charge in [0.05, 0.1) is 16.1 Å². The van der Waals surface area contributed by atoms with Gasteiger partial charge in [0.1, 0.15) is 5.69 Å². The summed E-state index contributed by atoms with van der Waals surface area (Å²) < 4.78 is 1.68. The Bertz CT molecular complexity index is 776. The van der Waals surface area contributed by atoms with Gasteiger partial charge in [0.25, 0.3) is 0 Å². The van der Waals surface area contributed by atoms with Gasteiger partial charge in [0.2, 0.25) is 0 Å². The highest BCUT2D eigenvalue weighted by Gasteiger charge is 2.13. The van der Waals surface area contributed by atoms with E-state index in [1.54, 1.807) is 28.3 Å². The van der Waals surface area contributed by atoms with Crippen molar-refractivity contribution in [2.24, 2.45) is 0 Å². The Morgan fingerprint density at radius 1 is 1.30 bits per heavy atom. The molecule has 0 aliphatic heterocycles. The highest BCUT2D eigenvalue weighted by atomic mass is 35.5. The summed E-state index contributed by atoms with van der Waals surface area (Å²) in [5.41, 5.74) is 2.12. The molecule has 100 valence electrons. The van der Waals surface area contributed by atoms with Gasteiger partial charge in [0.15, 0.2) is 6.29 Å². The summed E-state index contributed by atoms with van der Waals surface area (Å²) in [6.07, 6.45) is 2.56. The fourth-order valence-corrected chi connectivity index (χ4v) is 3.04. The third kappa shape index (κ3) is 2.40. The largest absolute Gasteiger partial charge is 0.298 e. The second-order valence-electron chi connectivity index (χ2n) is 4.39. The lowest BCUT2D eigenvalue weighted by Gasteiger charge is -2.00. The smallest absolute Gasteiger partial charge is 0.153 e. The van der Waals surface area contributed by atoms with Crippen molar-refractivity contribution in [2.45, 2.75) is 6.92 Å². The fraction of sp³-hybridized carbons (Fsp3) is 0.0667. The van der Waals surface area contributed by atoms with Crippen LogP contribution in [-0.4, -0.2) is 16.1 Å². The molecule has 0 aliphatic rings. The number of hydrogen-bond donors (Lipinski definition) is 0. The molecule has 0 spiro atoms. The van der Waals surface area contributed by atoms with Crippen LogP contribution in [0.2, 0.25) is 5.02 Å². The Labute approximate surface area is 125 Å². The standard InChI is InChI=1S/C15H11ClN2OS/c1-10-5-6-14(20-10)15-11(9-19)8-18(17-15)13-4-2-3-12(16)7-13/h2-9H,1H3. The summed E-state index contributed by atoms with van der Waals surface area (Å²) in [5.74, 6) is 0. The Balaban J connectivity index is 2.11. The number of aryl methyl sites for hydroxylation is 1. The van der Waals surface area contributed by atoms with E-state index in [4.69, 9.17) is 11.6 Å². The number of halogens is 1. The summed E-state index contributed by atoms with van der Waals surface area (Å²) in [6.45, 7) is 2.03. The van der Waals surface area contributed by atoms with Gasteiger partial charge >= 0.3 is 0 Å². The molecule has 0 bridgehead atoms. The van der Waals surface area contributed by atoms with Gasteiger partial charge in [-0.1, -0.05) is 17.7 Å². The van der Waals surface area contributed by atoms with Crippen LogP contribution in [0, 0.1) is 6.92 Å². The van der Waals surface area contributed by atoms with Crippen LogP contribution in [0.5, 0.6) is 0 Å². The summed E-state index contributed by atoms with van der Waals surface area (Å²) in [4.78, 5) is 13.4. The van der Waals surface area contributed by atoms with Gasteiger partial charge in [-0.2, -0.15) is 5.10 Å². The molecule has 0 radical (unpaired) electrons. The van der Waals surface area contributed by atoms with Crippen molar-refractivity contribution in [2.75, 3.05) is 0 Å². The van der Waals surface area contributed by atoms with E-state index in [0.717, 1.165) is 16.9 Å². The number of carbonyl (C=O) groups excluding carboxylic acids is 1. The van der Waals surface area contributed by atoms with Gasteiger partial charge in [-0.15, -0.1) is 11.3 Å². The summed E-state index contributed by atoms with van der Waals surface area (Å²) in [5, 5.41) is 5.15. The van der Waals surface area contributed by atoms with E-state index in [2.05, 4.69) is 5.10 Å². The lowest BCUT2D eigenvalue weighted by atomic mass is 10.2. The molecule has 20 heavy (non-hydrogen) atoms. The van der Waals surface area contributed by atoms with Crippen LogP contribution in [-0.2, 0) is 0 Å². The summed E-state index contributed by atoms with van der Waals surface area (Å²) >= 11 is 7.61. The van der Waals surface area contributed by atoms with Crippen LogP contribution in [0.15, 0.2) is 42.6 Å². The van der Waals surface area contributed by atoms with Crippen LogP contribution in [0.3, 0.4) is 0 Å². The Morgan fingerprint density at radius 2 is 2.15 bits per heavy atom. The molecule has 5 heteroatoms. The SMILES string of the molecule is Cc1ccc(-c2nn(-c3cccc(Cl)c3)cc2C=O)s1. The first-order chi connectivity index (χ1) is 9.67. The fourth-order valence-electron chi connectivity index (χ4n) is 1.98. The number of benzene rings is 1. The van der Waals surface area contributed by atoms with Crippen LogP contribution in [0.25, 0.3) is 16.3 Å². The Morgan fingerprint density at radius 3 is 2.80 bits per heavy atom. The normalized spacial score (nSPS) is 10.7. The monoisotopic (exact) mass is 302 g/mol. The zero-order chi connectivity index (χ0) is 14.1. The van der Waals surface area contributed by atoms with Crippen molar-refractivity contribution >= 4 is 29.2 Å². The number of rotatable bonds is 3. The molecule has 3 aromatic rings. The maximum atomic E-state index is 11.2. The van der Waals surface area contributed by atoms with Gasteiger partial charge < -0.3 is 0 Å². The van der Waals surface area contributed by atoms with Gasteiger partial charge in [-0.05, 0) is 37.3 Å². The molecule has 0 N–H and O–H groups in total. The second-order valence-corrected chi connectivity index (χ2v) is 6.11. The number of aldehydes is 1. The maximum absolute atomic E-state index is 11.2. The average molecular weight is 303 g/mol. The van der Waals surface area contributed by atoms with Crippen LogP contribution in [0.1, 0.15) is 15.2 Å². The van der Waals surface area contributed by atoms with Crippen molar-refractivity contribution in [3.05, 3.63) is 58.1 Å². The Hall–Kier alpha value is -1.91. The Kier molecular flexibility index (Phi) is 3.42. The van der Waals surface area contributed by atoms with E-state index in [1.165, 1.54) is 4.88 Å². The highest BCUT2D eigenvalue weighted by molar-refractivity contribution is 7.15. The lowest BCUT2D eigenvalue weighted by Crippen LogP contribution is -1.94. The molecule has 0 saturated carbocycles. The molecule has 0 aliphatic carbocycles. The molecule has 1 aromatic carbocycles. The van der Waals surface area contributed by atoms with E-state index in [9.17, 15) is 4.79 Å². The van der Waals surface area contributed by atoms with E-state index in [1.807, 2.05) is 37.3 Å². The third-order valence-corrected chi connectivity index (χ3v) is 4.16. The van der Waals surface area contributed by atoms with Gasteiger partial charge in [-0.3, -0.25) is 4.79 Å². The second kappa shape index (κ2) is 5.23. The molecule has 0 atom stereocenters. The number of carbonyl (C=O) groups is 1. The number of nitrogens with zero attached hydrogens (tertiary/aromatic N) is 2. The molecule has 0 amide bonds. The van der Waals surface area contributed by atoms with E-state index in [0.29, 0.717) is 16.3 Å². The van der Waals surface area contributed by atoms with Gasteiger partial charge in [-0.25, -0.2) is 4.68 Å². The molecule has 0 fully saturated rings. The van der Waals surface area contributed by atoms with Crippen molar-refractivity contribution in [1.82, 2.24) is 9.78 Å². The quantitative estimate of drug-likeness (QED) is 0.673. The van der Waals surface area contributed by atoms with E-state index in [-0.39, 0.29) is 0 Å². The minimum atomic E-state index is 0.576. The topological polar surface area (TPSA) is 34.9 Å². The molecule has 2 heterocycles. The zero-order valence-corrected chi connectivity index (χ0v) is 12.3. The molecule has 0 unspecified atom stereocenters. The molecular formula is C15H11ClN2OS. The molecule has 3 nitrogen and oxygen atoms in total. The minimum Gasteiger partial charge on any atom is -0.298 e. The summed E-state index contributed by atoms with van der Waals surface area (Å²) in [7, 11) is 0. The predicted molar refractivity (Wildman–Crippen MR) is 82.0 cm³/mol. The highest BCUT2D eigenvalue weighted by Crippen LogP contribution is 2.29.